The Bertz CT molecular complexity index is 821. The van der Waals surface area contributed by atoms with Gasteiger partial charge in [0, 0.05) is 16.4 Å². The highest BCUT2D eigenvalue weighted by atomic mass is 79.9. The third kappa shape index (κ3) is 3.33. The molecule has 0 unspecified atom stereocenters. The number of H-pyrrole nitrogens is 1. The molecule has 0 bridgehead atoms. The summed E-state index contributed by atoms with van der Waals surface area (Å²) in [6, 6.07) is 1.94. The van der Waals surface area contributed by atoms with Gasteiger partial charge in [-0.15, -0.1) is 16.4 Å². The van der Waals surface area contributed by atoms with Gasteiger partial charge in [0.25, 0.3) is 0 Å². The van der Waals surface area contributed by atoms with Crippen molar-refractivity contribution in [1.29, 1.82) is 0 Å². The molecule has 0 spiro atoms. The first-order chi connectivity index (χ1) is 10.7. The highest BCUT2D eigenvalue weighted by Gasteiger charge is 2.13. The second-order valence-corrected chi connectivity index (χ2v) is 7.16. The molecule has 3 aromatic heterocycles. The van der Waals surface area contributed by atoms with E-state index in [0.29, 0.717) is 29.2 Å². The highest BCUT2D eigenvalue weighted by molar-refractivity contribution is 9.10. The molecule has 0 aliphatic heterocycles. The summed E-state index contributed by atoms with van der Waals surface area (Å²) in [5, 5.41) is 13.0. The average molecular weight is 402 g/mol. The molecule has 3 heterocycles. The second-order valence-electron chi connectivity index (χ2n) is 4.39. The number of thioether (sulfide) groups is 1. The van der Waals surface area contributed by atoms with Crippen molar-refractivity contribution < 1.29 is 4.52 Å². The number of rotatable bonds is 6. The highest BCUT2D eigenvalue weighted by Crippen LogP contribution is 2.28. The Morgan fingerprint density at radius 3 is 3.14 bits per heavy atom. The number of hydrogen-bond acceptors (Lipinski definition) is 7. The zero-order valence-electron chi connectivity index (χ0n) is 11.6. The van der Waals surface area contributed by atoms with Crippen LogP contribution >= 0.6 is 39.0 Å². The first-order valence-electron chi connectivity index (χ1n) is 6.52. The van der Waals surface area contributed by atoms with Crippen LogP contribution in [0.5, 0.6) is 0 Å². The minimum atomic E-state index is -0.195. The van der Waals surface area contributed by atoms with Crippen molar-refractivity contribution in [3.8, 4) is 10.7 Å². The summed E-state index contributed by atoms with van der Waals surface area (Å²) in [6.45, 7) is 2.65. The molecule has 22 heavy (non-hydrogen) atoms. The van der Waals surface area contributed by atoms with Gasteiger partial charge >= 0.3 is 5.69 Å². The molecule has 0 radical (unpaired) electrons. The minimum absolute atomic E-state index is 0.195. The van der Waals surface area contributed by atoms with E-state index in [1.807, 2.05) is 18.4 Å². The van der Waals surface area contributed by atoms with E-state index in [-0.39, 0.29) is 5.69 Å². The van der Waals surface area contributed by atoms with Gasteiger partial charge in [-0.2, -0.15) is 4.98 Å². The second kappa shape index (κ2) is 6.80. The van der Waals surface area contributed by atoms with E-state index in [1.54, 1.807) is 15.9 Å². The summed E-state index contributed by atoms with van der Waals surface area (Å²) in [6.07, 6.45) is 0.866. The number of nitrogens with one attached hydrogen (secondary N) is 1. The van der Waals surface area contributed by atoms with Crippen molar-refractivity contribution in [2.75, 3.05) is 0 Å². The summed E-state index contributed by atoms with van der Waals surface area (Å²) in [5.74, 6) is 1.54. The van der Waals surface area contributed by atoms with Gasteiger partial charge in [0.1, 0.15) is 0 Å². The van der Waals surface area contributed by atoms with Crippen LogP contribution in [0.4, 0.5) is 0 Å². The van der Waals surface area contributed by atoms with E-state index >= 15 is 0 Å². The summed E-state index contributed by atoms with van der Waals surface area (Å²) >= 11 is 6.33. The Hall–Kier alpha value is -1.39. The molecule has 3 rings (SSSR count). The molecule has 7 nitrogen and oxygen atoms in total. The largest absolute Gasteiger partial charge is 0.343 e. The third-order valence-corrected chi connectivity index (χ3v) is 5.40. The summed E-state index contributed by atoms with van der Waals surface area (Å²) < 4.78 is 7.84. The molecule has 1 N–H and O–H groups in total. The summed E-state index contributed by atoms with van der Waals surface area (Å²) in [5.41, 5.74) is -0.195. The van der Waals surface area contributed by atoms with Gasteiger partial charge in [0.05, 0.1) is 10.6 Å². The molecule has 0 fully saturated rings. The van der Waals surface area contributed by atoms with Gasteiger partial charge in [0.15, 0.2) is 5.16 Å². The Morgan fingerprint density at radius 1 is 1.55 bits per heavy atom. The molecule has 0 aliphatic carbocycles. The quantitative estimate of drug-likeness (QED) is 0.638. The monoisotopic (exact) mass is 401 g/mol. The number of nitrogens with zero attached hydrogens (tertiary/aromatic N) is 4. The van der Waals surface area contributed by atoms with Crippen LogP contribution in [0.25, 0.3) is 10.7 Å². The van der Waals surface area contributed by atoms with Crippen LogP contribution in [0.3, 0.4) is 0 Å². The van der Waals surface area contributed by atoms with Gasteiger partial charge < -0.3 is 4.52 Å². The predicted octanol–water partition coefficient (Wildman–Crippen LogP) is 3.15. The lowest BCUT2D eigenvalue weighted by Crippen LogP contribution is -2.17. The van der Waals surface area contributed by atoms with Crippen LogP contribution in [0, 0.1) is 0 Å². The Morgan fingerprint density at radius 2 is 2.41 bits per heavy atom. The van der Waals surface area contributed by atoms with Gasteiger partial charge in [-0.1, -0.05) is 23.8 Å². The zero-order valence-corrected chi connectivity index (χ0v) is 14.8. The SMILES string of the molecule is CCCn1c(SCc2nc(-c3cc(Br)cs3)no2)n[nH]c1=O. The molecular weight excluding hydrogens is 390 g/mol. The van der Waals surface area contributed by atoms with Crippen molar-refractivity contribution in [3.63, 3.8) is 0 Å². The fourth-order valence-corrected chi connectivity index (χ4v) is 3.97. The van der Waals surface area contributed by atoms with Crippen molar-refractivity contribution in [1.82, 2.24) is 24.9 Å². The zero-order chi connectivity index (χ0) is 15.5. The van der Waals surface area contributed by atoms with Crippen molar-refractivity contribution >= 4 is 39.0 Å². The molecule has 3 aromatic rings. The Labute approximate surface area is 142 Å². The van der Waals surface area contributed by atoms with Crippen LogP contribution in [0.2, 0.25) is 0 Å². The maximum absolute atomic E-state index is 11.6. The van der Waals surface area contributed by atoms with Crippen LogP contribution in [0.15, 0.2) is 30.4 Å². The third-order valence-electron chi connectivity index (χ3n) is 2.75. The van der Waals surface area contributed by atoms with Crippen LogP contribution < -0.4 is 5.69 Å². The molecule has 0 atom stereocenters. The number of halogens is 1. The molecule has 116 valence electrons. The maximum Gasteiger partial charge on any atom is 0.343 e. The fourth-order valence-electron chi connectivity index (χ4n) is 1.80. The van der Waals surface area contributed by atoms with Crippen molar-refractivity contribution in [2.24, 2.45) is 0 Å². The standard InChI is InChI=1S/C12H12BrN5O2S2/c1-2-3-18-11(19)15-16-12(18)22-6-9-14-10(17-20-9)8-4-7(13)5-21-8/h4-5H,2-3,6H2,1H3,(H,15,19). The first-order valence-corrected chi connectivity index (χ1v) is 9.18. The smallest absolute Gasteiger partial charge is 0.338 e. The fraction of sp³-hybridized carbons (Fsp3) is 0.333. The van der Waals surface area contributed by atoms with Crippen LogP contribution in [-0.2, 0) is 12.3 Å². The van der Waals surface area contributed by atoms with E-state index in [0.717, 1.165) is 15.8 Å². The van der Waals surface area contributed by atoms with Gasteiger partial charge in [0.2, 0.25) is 11.7 Å². The van der Waals surface area contributed by atoms with Crippen LogP contribution in [-0.4, -0.2) is 24.9 Å². The molecule has 10 heteroatoms. The number of hydrogen-bond donors (Lipinski definition) is 1. The minimum Gasteiger partial charge on any atom is -0.338 e. The molecule has 0 saturated heterocycles. The van der Waals surface area contributed by atoms with Crippen molar-refractivity contribution in [2.45, 2.75) is 30.8 Å². The Kier molecular flexibility index (Phi) is 4.79. The number of aromatic amines is 1. The normalized spacial score (nSPS) is 11.2. The molecule has 0 aliphatic rings. The number of aromatic nitrogens is 5. The van der Waals surface area contributed by atoms with Gasteiger partial charge in [-0.3, -0.25) is 4.57 Å². The van der Waals surface area contributed by atoms with Crippen molar-refractivity contribution in [3.05, 3.63) is 32.3 Å². The van der Waals surface area contributed by atoms with Crippen LogP contribution in [0.1, 0.15) is 19.2 Å². The average Bonchev–Trinajstić information content (AvgIpc) is 3.20. The Balaban J connectivity index is 1.70. The topological polar surface area (TPSA) is 89.6 Å². The van der Waals surface area contributed by atoms with Gasteiger partial charge in [-0.05, 0) is 28.4 Å². The lowest BCUT2D eigenvalue weighted by Gasteiger charge is -2.01. The van der Waals surface area contributed by atoms with E-state index in [9.17, 15) is 4.79 Å². The molecule has 0 amide bonds. The van der Waals surface area contributed by atoms with E-state index in [1.165, 1.54) is 11.8 Å². The number of thiophene rings is 1. The van der Waals surface area contributed by atoms with E-state index in [4.69, 9.17) is 4.52 Å². The lowest BCUT2D eigenvalue weighted by molar-refractivity contribution is 0.391. The molecule has 0 aromatic carbocycles. The summed E-state index contributed by atoms with van der Waals surface area (Å²) in [4.78, 5) is 16.9. The van der Waals surface area contributed by atoms with E-state index in [2.05, 4.69) is 36.3 Å². The molecular formula is C12H12BrN5O2S2. The maximum atomic E-state index is 11.6. The summed E-state index contributed by atoms with van der Waals surface area (Å²) in [7, 11) is 0. The first kappa shape index (κ1) is 15.5. The predicted molar refractivity (Wildman–Crippen MR) is 88.0 cm³/mol. The molecule has 0 saturated carbocycles. The van der Waals surface area contributed by atoms with Gasteiger partial charge in [-0.25, -0.2) is 9.89 Å². The lowest BCUT2D eigenvalue weighted by atomic mass is 10.4. The van der Waals surface area contributed by atoms with E-state index < -0.39 is 0 Å².